The number of methoxy groups -OCH3 is 4. The summed E-state index contributed by atoms with van der Waals surface area (Å²) in [7, 11) is 6.13. The number of rotatable bonds is 6. The first-order valence-corrected chi connectivity index (χ1v) is 8.56. The summed E-state index contributed by atoms with van der Waals surface area (Å²) in [5.74, 6) is 2.04. The van der Waals surface area contributed by atoms with Gasteiger partial charge in [0.2, 0.25) is 5.75 Å². The molecule has 8 heteroatoms. The van der Waals surface area contributed by atoms with Crippen LogP contribution in [-0.2, 0) is 0 Å². The van der Waals surface area contributed by atoms with Gasteiger partial charge in [0.15, 0.2) is 11.5 Å². The van der Waals surface area contributed by atoms with Crippen LogP contribution in [0.1, 0.15) is 23.6 Å². The number of hydrazone groups is 1. The van der Waals surface area contributed by atoms with E-state index in [-0.39, 0.29) is 0 Å². The Morgan fingerprint density at radius 2 is 1.71 bits per heavy atom. The highest BCUT2D eigenvalue weighted by Gasteiger charge is 2.34. The molecule has 0 radical (unpaired) electrons. The molecule has 1 amide bonds. The zero-order chi connectivity index (χ0) is 20.3. The lowest BCUT2D eigenvalue weighted by molar-refractivity contribution is 0.134. The van der Waals surface area contributed by atoms with Crippen LogP contribution in [0.5, 0.6) is 23.0 Å². The molecule has 0 fully saturated rings. The second kappa shape index (κ2) is 8.08. The van der Waals surface area contributed by atoms with E-state index in [9.17, 15) is 9.90 Å². The van der Waals surface area contributed by atoms with Gasteiger partial charge in [-0.2, -0.15) is 10.1 Å². The van der Waals surface area contributed by atoms with Crippen LogP contribution in [0.2, 0.25) is 0 Å². The van der Waals surface area contributed by atoms with Gasteiger partial charge in [-0.3, -0.25) is 0 Å². The molecule has 0 saturated carbocycles. The van der Waals surface area contributed by atoms with Crippen LogP contribution in [0.15, 0.2) is 41.5 Å². The third-order valence-corrected chi connectivity index (χ3v) is 4.58. The zero-order valence-electron chi connectivity index (χ0n) is 16.1. The van der Waals surface area contributed by atoms with Crippen molar-refractivity contribution in [2.45, 2.75) is 12.5 Å². The van der Waals surface area contributed by atoms with E-state index in [1.807, 2.05) is 24.3 Å². The van der Waals surface area contributed by atoms with Gasteiger partial charge in [0.25, 0.3) is 0 Å². The molecule has 1 N–H and O–H groups in total. The minimum absolute atomic E-state index is 0.401. The lowest BCUT2D eigenvalue weighted by atomic mass is 9.97. The Balaban J connectivity index is 2.01. The summed E-state index contributed by atoms with van der Waals surface area (Å²) in [5.41, 5.74) is 2.15. The van der Waals surface area contributed by atoms with Gasteiger partial charge >= 0.3 is 6.09 Å². The molecule has 2 aromatic carbocycles. The fourth-order valence-corrected chi connectivity index (χ4v) is 3.22. The number of amides is 1. The van der Waals surface area contributed by atoms with E-state index in [1.54, 1.807) is 19.2 Å². The molecule has 148 valence electrons. The summed E-state index contributed by atoms with van der Waals surface area (Å²) in [4.78, 5) is 11.8. The smallest absolute Gasteiger partial charge is 0.428 e. The molecule has 1 unspecified atom stereocenters. The van der Waals surface area contributed by atoms with Crippen molar-refractivity contribution < 1.29 is 28.8 Å². The van der Waals surface area contributed by atoms with E-state index in [4.69, 9.17) is 18.9 Å². The van der Waals surface area contributed by atoms with Crippen molar-refractivity contribution in [1.82, 2.24) is 5.01 Å². The number of carbonyl (C=O) groups is 1. The molecular weight excluding hydrogens is 364 g/mol. The van der Waals surface area contributed by atoms with Crippen LogP contribution >= 0.6 is 0 Å². The molecule has 8 nitrogen and oxygen atoms in total. The molecule has 0 aromatic heterocycles. The Labute approximate surface area is 162 Å². The Morgan fingerprint density at radius 1 is 1.04 bits per heavy atom. The number of benzene rings is 2. The van der Waals surface area contributed by atoms with Crippen molar-refractivity contribution in [3.63, 3.8) is 0 Å². The average Bonchev–Trinajstić information content (AvgIpc) is 3.18. The molecule has 0 saturated heterocycles. The molecule has 0 bridgehead atoms. The van der Waals surface area contributed by atoms with Gasteiger partial charge in [0, 0.05) is 12.0 Å². The monoisotopic (exact) mass is 386 g/mol. The second-order valence-corrected chi connectivity index (χ2v) is 6.08. The second-order valence-electron chi connectivity index (χ2n) is 6.08. The molecule has 1 heterocycles. The molecular formula is C20H22N2O6. The average molecular weight is 386 g/mol. The SMILES string of the molecule is COc1cccc(C2=NN(C(=O)O)C(c3cc(OC)c(OC)c(OC)c3)C2)c1. The molecule has 2 aromatic rings. The van der Waals surface area contributed by atoms with Crippen LogP contribution in [0.25, 0.3) is 0 Å². The van der Waals surface area contributed by atoms with Gasteiger partial charge in [0.05, 0.1) is 40.2 Å². The largest absolute Gasteiger partial charge is 0.497 e. The Morgan fingerprint density at radius 3 is 2.25 bits per heavy atom. The molecule has 1 aliphatic heterocycles. The first-order valence-electron chi connectivity index (χ1n) is 8.56. The Bertz CT molecular complexity index is 886. The summed E-state index contributed by atoms with van der Waals surface area (Å²) < 4.78 is 21.4. The first kappa shape index (κ1) is 19.3. The molecule has 3 rings (SSSR count). The normalized spacial score (nSPS) is 15.8. The molecule has 0 aliphatic carbocycles. The number of ether oxygens (including phenoxy) is 4. The molecule has 1 aliphatic rings. The van der Waals surface area contributed by atoms with Crippen LogP contribution in [0.3, 0.4) is 0 Å². The number of nitrogens with zero attached hydrogens (tertiary/aromatic N) is 2. The quantitative estimate of drug-likeness (QED) is 0.817. The minimum Gasteiger partial charge on any atom is -0.497 e. The Kier molecular flexibility index (Phi) is 5.58. The van der Waals surface area contributed by atoms with Gasteiger partial charge in [-0.1, -0.05) is 12.1 Å². The highest BCUT2D eigenvalue weighted by molar-refractivity contribution is 6.03. The van der Waals surface area contributed by atoms with Gasteiger partial charge in [-0.25, -0.2) is 4.79 Å². The summed E-state index contributed by atoms with van der Waals surface area (Å²) >= 11 is 0. The number of hydrogen-bond acceptors (Lipinski definition) is 6. The topological polar surface area (TPSA) is 89.8 Å². The van der Waals surface area contributed by atoms with E-state index in [1.165, 1.54) is 21.3 Å². The van der Waals surface area contributed by atoms with Crippen molar-refractivity contribution in [3.05, 3.63) is 47.5 Å². The summed E-state index contributed by atoms with van der Waals surface area (Å²) in [6.45, 7) is 0. The number of hydrogen-bond donors (Lipinski definition) is 1. The van der Waals surface area contributed by atoms with E-state index in [0.717, 1.165) is 10.6 Å². The first-order chi connectivity index (χ1) is 13.5. The van der Waals surface area contributed by atoms with Crippen LogP contribution < -0.4 is 18.9 Å². The fourth-order valence-electron chi connectivity index (χ4n) is 3.22. The van der Waals surface area contributed by atoms with Crippen LogP contribution in [0, 0.1) is 0 Å². The maximum atomic E-state index is 11.8. The molecule has 0 spiro atoms. The zero-order valence-corrected chi connectivity index (χ0v) is 16.1. The van der Waals surface area contributed by atoms with Crippen LogP contribution in [0.4, 0.5) is 4.79 Å². The third-order valence-electron chi connectivity index (χ3n) is 4.58. The summed E-state index contributed by atoms with van der Waals surface area (Å²) in [6, 6.07) is 10.3. The van der Waals surface area contributed by atoms with Crippen molar-refractivity contribution >= 4 is 11.8 Å². The van der Waals surface area contributed by atoms with E-state index in [2.05, 4.69) is 5.10 Å². The lowest BCUT2D eigenvalue weighted by Gasteiger charge is -2.21. The summed E-state index contributed by atoms with van der Waals surface area (Å²) in [5, 5.41) is 15.0. The van der Waals surface area contributed by atoms with E-state index in [0.29, 0.717) is 40.7 Å². The van der Waals surface area contributed by atoms with E-state index >= 15 is 0 Å². The Hall–Kier alpha value is -3.42. The predicted molar refractivity (Wildman–Crippen MR) is 103 cm³/mol. The van der Waals surface area contributed by atoms with Crippen molar-refractivity contribution in [2.24, 2.45) is 5.10 Å². The maximum Gasteiger partial charge on any atom is 0.428 e. The third kappa shape index (κ3) is 3.53. The highest BCUT2D eigenvalue weighted by Crippen LogP contribution is 2.43. The predicted octanol–water partition coefficient (Wildman–Crippen LogP) is 3.55. The number of carboxylic acid groups (broad SMARTS) is 1. The van der Waals surface area contributed by atoms with Crippen LogP contribution in [-0.4, -0.2) is 50.4 Å². The fraction of sp³-hybridized carbons (Fsp3) is 0.300. The lowest BCUT2D eigenvalue weighted by Crippen LogP contribution is -2.25. The summed E-state index contributed by atoms with van der Waals surface area (Å²) in [6.07, 6.45) is -0.741. The van der Waals surface area contributed by atoms with Gasteiger partial charge < -0.3 is 24.1 Å². The van der Waals surface area contributed by atoms with Gasteiger partial charge in [-0.05, 0) is 29.8 Å². The highest BCUT2D eigenvalue weighted by atomic mass is 16.5. The standard InChI is InChI=1S/C20H22N2O6/c1-25-14-7-5-6-12(8-14)15-11-16(22(21-15)20(23)24)13-9-17(26-2)19(28-4)18(10-13)27-3/h5-10,16H,11H2,1-4H3,(H,23,24). The molecule has 1 atom stereocenters. The van der Waals surface area contributed by atoms with Crippen molar-refractivity contribution in [1.29, 1.82) is 0 Å². The minimum atomic E-state index is -1.14. The van der Waals surface area contributed by atoms with Gasteiger partial charge in [0.1, 0.15) is 5.75 Å². The van der Waals surface area contributed by atoms with Gasteiger partial charge in [-0.15, -0.1) is 0 Å². The van der Waals surface area contributed by atoms with Crippen molar-refractivity contribution in [2.75, 3.05) is 28.4 Å². The maximum absolute atomic E-state index is 11.8. The molecule has 28 heavy (non-hydrogen) atoms. The van der Waals surface area contributed by atoms with Crippen molar-refractivity contribution in [3.8, 4) is 23.0 Å². The van der Waals surface area contributed by atoms with E-state index < -0.39 is 12.1 Å².